The van der Waals surface area contributed by atoms with Gasteiger partial charge < -0.3 is 10.2 Å². The van der Waals surface area contributed by atoms with Crippen LogP contribution in [0.1, 0.15) is 26.3 Å². The fraction of sp³-hybridized carbons (Fsp3) is 0.429. The Morgan fingerprint density at radius 2 is 1.94 bits per heavy atom. The Bertz CT molecular complexity index is 463. The molecule has 1 aliphatic heterocycles. The zero-order valence-electron chi connectivity index (χ0n) is 11.2. The van der Waals surface area contributed by atoms with Gasteiger partial charge in [0, 0.05) is 5.70 Å². The number of hydrazine groups is 1. The van der Waals surface area contributed by atoms with Gasteiger partial charge in [0.05, 0.1) is 12.6 Å². The van der Waals surface area contributed by atoms with E-state index in [0.717, 1.165) is 11.4 Å². The first-order valence-corrected chi connectivity index (χ1v) is 5.85. The Morgan fingerprint density at radius 3 is 2.47 bits per heavy atom. The Hall–Kier alpha value is -1.64. The van der Waals surface area contributed by atoms with Crippen molar-refractivity contribution in [3.05, 3.63) is 35.5 Å². The lowest BCUT2D eigenvalue weighted by atomic mass is 10.0. The van der Waals surface area contributed by atoms with Crippen LogP contribution in [0.2, 0.25) is 0 Å². The average Bonchev–Trinajstić information content (AvgIpc) is 2.51. The van der Waals surface area contributed by atoms with Gasteiger partial charge in [-0.25, -0.2) is 0 Å². The van der Waals surface area contributed by atoms with Crippen molar-refractivity contribution in [3.63, 3.8) is 0 Å². The molecular weight excluding hydrogens is 212 g/mol. The molecule has 0 saturated heterocycles. The molecule has 0 fully saturated rings. The van der Waals surface area contributed by atoms with Gasteiger partial charge in [-0.1, -0.05) is 6.07 Å². The number of aryl methyl sites for hydroxylation is 1. The van der Waals surface area contributed by atoms with E-state index in [0.29, 0.717) is 0 Å². The van der Waals surface area contributed by atoms with Crippen LogP contribution >= 0.6 is 0 Å². The van der Waals surface area contributed by atoms with Gasteiger partial charge >= 0.3 is 0 Å². The maximum absolute atomic E-state index is 5.44. The highest BCUT2D eigenvalue weighted by Gasteiger charge is 2.32. The van der Waals surface area contributed by atoms with Crippen molar-refractivity contribution in [1.29, 1.82) is 0 Å². The van der Waals surface area contributed by atoms with E-state index in [-0.39, 0.29) is 5.54 Å². The lowest BCUT2D eigenvalue weighted by molar-refractivity contribution is 0.409. The van der Waals surface area contributed by atoms with Crippen molar-refractivity contribution in [1.82, 2.24) is 5.43 Å². The molecule has 0 bridgehead atoms. The quantitative estimate of drug-likeness (QED) is 0.848. The maximum atomic E-state index is 5.44. The Balaban J connectivity index is 2.45. The molecule has 1 N–H and O–H groups in total. The number of ether oxygens (including phenoxy) is 1. The van der Waals surface area contributed by atoms with Crippen LogP contribution in [0.4, 0.5) is 5.69 Å². The second-order valence-electron chi connectivity index (χ2n) is 5.10. The third kappa shape index (κ3) is 2.09. The van der Waals surface area contributed by atoms with Crippen LogP contribution in [0, 0.1) is 6.92 Å². The normalized spacial score (nSPS) is 17.7. The fourth-order valence-electron chi connectivity index (χ4n) is 2.29. The molecule has 1 aromatic carbocycles. The van der Waals surface area contributed by atoms with Gasteiger partial charge in [0.1, 0.15) is 11.4 Å². The van der Waals surface area contributed by atoms with Gasteiger partial charge in [-0.2, -0.15) is 0 Å². The number of nitrogens with one attached hydrogen (secondary N) is 1. The summed E-state index contributed by atoms with van der Waals surface area (Å²) in [4.78, 5) is 0. The van der Waals surface area contributed by atoms with E-state index in [4.69, 9.17) is 4.74 Å². The molecule has 0 unspecified atom stereocenters. The number of anilines is 1. The molecule has 0 atom stereocenters. The van der Waals surface area contributed by atoms with Crippen LogP contribution in [-0.2, 0) is 0 Å². The average molecular weight is 232 g/mol. The molecule has 3 nitrogen and oxygen atoms in total. The summed E-state index contributed by atoms with van der Waals surface area (Å²) in [5.74, 6) is 0.888. The Kier molecular flexibility index (Phi) is 2.77. The minimum absolute atomic E-state index is 0.0504. The summed E-state index contributed by atoms with van der Waals surface area (Å²) >= 11 is 0. The molecule has 1 heterocycles. The van der Waals surface area contributed by atoms with Gasteiger partial charge in [-0.15, -0.1) is 0 Å². The van der Waals surface area contributed by atoms with E-state index in [2.05, 4.69) is 56.3 Å². The van der Waals surface area contributed by atoms with Gasteiger partial charge in [0.15, 0.2) is 0 Å². The summed E-state index contributed by atoms with van der Waals surface area (Å²) in [6, 6.07) is 6.21. The van der Waals surface area contributed by atoms with E-state index in [9.17, 15) is 0 Å². The van der Waals surface area contributed by atoms with Crippen molar-refractivity contribution >= 4 is 5.69 Å². The number of hydrogen-bond acceptors (Lipinski definition) is 3. The number of nitrogens with zero attached hydrogens (tertiary/aromatic N) is 1. The summed E-state index contributed by atoms with van der Waals surface area (Å²) in [5, 5.41) is 2.15. The van der Waals surface area contributed by atoms with Gasteiger partial charge in [0.25, 0.3) is 0 Å². The topological polar surface area (TPSA) is 24.5 Å². The highest BCUT2D eigenvalue weighted by molar-refractivity contribution is 5.63. The third-order valence-electron chi connectivity index (χ3n) is 3.01. The first-order chi connectivity index (χ1) is 7.94. The molecule has 3 heteroatoms. The largest absolute Gasteiger partial charge is 0.495 e. The third-order valence-corrected chi connectivity index (χ3v) is 3.01. The SMILES string of the molecule is COc1ccc(C)cc1N1NC(C)=CC1(C)C. The number of hydrogen-bond donors (Lipinski definition) is 1. The lowest BCUT2D eigenvalue weighted by Crippen LogP contribution is -2.45. The second kappa shape index (κ2) is 3.99. The van der Waals surface area contributed by atoms with E-state index in [1.165, 1.54) is 11.3 Å². The number of benzene rings is 1. The predicted molar refractivity (Wildman–Crippen MR) is 71.2 cm³/mol. The van der Waals surface area contributed by atoms with Crippen LogP contribution in [0.15, 0.2) is 30.0 Å². The zero-order chi connectivity index (χ0) is 12.6. The molecule has 0 aliphatic carbocycles. The van der Waals surface area contributed by atoms with E-state index in [1.807, 2.05) is 6.07 Å². The molecule has 2 rings (SSSR count). The number of rotatable bonds is 2. The number of methoxy groups -OCH3 is 1. The number of allylic oxidation sites excluding steroid dienone is 1. The smallest absolute Gasteiger partial charge is 0.144 e. The fourth-order valence-corrected chi connectivity index (χ4v) is 2.29. The van der Waals surface area contributed by atoms with Crippen LogP contribution in [0.5, 0.6) is 5.75 Å². The van der Waals surface area contributed by atoms with Crippen molar-refractivity contribution in [2.45, 2.75) is 33.2 Å². The lowest BCUT2D eigenvalue weighted by Gasteiger charge is -2.34. The summed E-state index contributed by atoms with van der Waals surface area (Å²) in [6.07, 6.45) is 2.22. The molecule has 17 heavy (non-hydrogen) atoms. The van der Waals surface area contributed by atoms with Crippen molar-refractivity contribution < 1.29 is 4.74 Å². The minimum Gasteiger partial charge on any atom is -0.495 e. The maximum Gasteiger partial charge on any atom is 0.144 e. The van der Waals surface area contributed by atoms with E-state index in [1.54, 1.807) is 7.11 Å². The standard InChI is InChI=1S/C14H20N2O/c1-10-6-7-13(17-5)12(8-10)16-14(3,4)9-11(2)15-16/h6-9,15H,1-5H3. The zero-order valence-corrected chi connectivity index (χ0v) is 11.2. The molecule has 1 aromatic rings. The van der Waals surface area contributed by atoms with Gasteiger partial charge in [0.2, 0.25) is 0 Å². The highest BCUT2D eigenvalue weighted by Crippen LogP contribution is 2.36. The first-order valence-electron chi connectivity index (χ1n) is 5.85. The van der Waals surface area contributed by atoms with Crippen LogP contribution in [-0.4, -0.2) is 12.6 Å². The second-order valence-corrected chi connectivity index (χ2v) is 5.10. The Morgan fingerprint density at radius 1 is 1.24 bits per heavy atom. The van der Waals surface area contributed by atoms with Crippen molar-refractivity contribution in [2.75, 3.05) is 12.1 Å². The van der Waals surface area contributed by atoms with Crippen molar-refractivity contribution in [3.8, 4) is 5.75 Å². The summed E-state index contributed by atoms with van der Waals surface area (Å²) < 4.78 is 5.44. The molecule has 0 spiro atoms. The minimum atomic E-state index is -0.0504. The van der Waals surface area contributed by atoms with Crippen LogP contribution < -0.4 is 15.2 Å². The highest BCUT2D eigenvalue weighted by atomic mass is 16.5. The molecule has 1 aliphatic rings. The molecule has 92 valence electrons. The summed E-state index contributed by atoms with van der Waals surface area (Å²) in [5.41, 5.74) is 6.79. The first kappa shape index (κ1) is 11.8. The molecule has 0 aromatic heterocycles. The monoisotopic (exact) mass is 232 g/mol. The molecule has 0 saturated carbocycles. The van der Waals surface area contributed by atoms with Gasteiger partial charge in [-0.05, 0) is 51.5 Å². The Labute approximate surface area is 103 Å². The van der Waals surface area contributed by atoms with Crippen LogP contribution in [0.25, 0.3) is 0 Å². The summed E-state index contributed by atoms with van der Waals surface area (Å²) in [7, 11) is 1.71. The molecule has 0 radical (unpaired) electrons. The van der Waals surface area contributed by atoms with Crippen LogP contribution in [0.3, 0.4) is 0 Å². The molecular formula is C14H20N2O. The van der Waals surface area contributed by atoms with E-state index < -0.39 is 0 Å². The summed E-state index contributed by atoms with van der Waals surface area (Å²) in [6.45, 7) is 8.52. The van der Waals surface area contributed by atoms with Gasteiger partial charge in [-0.3, -0.25) is 5.01 Å². The molecule has 0 amide bonds. The predicted octanol–water partition coefficient (Wildman–Crippen LogP) is 3.01. The van der Waals surface area contributed by atoms with E-state index >= 15 is 0 Å². The van der Waals surface area contributed by atoms with Crippen molar-refractivity contribution in [2.24, 2.45) is 0 Å².